The number of nitrogens with one attached hydrogen (secondary N) is 1. The number of nitrogens with zero attached hydrogens (tertiary/aromatic N) is 2. The van der Waals surface area contributed by atoms with Crippen molar-refractivity contribution in [3.8, 4) is 5.88 Å². The molecule has 0 aliphatic rings. The standard InChI is InChI=1S/C14H15BrFN3O/c1-3-17-12(10-5-4-9(16)8-11(10)15)13-14(20-2)19-7-6-18-13/h4-8,12,17H,3H2,1-2H3. The topological polar surface area (TPSA) is 47.0 Å². The van der Waals surface area contributed by atoms with Crippen LogP contribution in [0.4, 0.5) is 4.39 Å². The first kappa shape index (κ1) is 14.9. The molecular weight excluding hydrogens is 325 g/mol. The van der Waals surface area contributed by atoms with Gasteiger partial charge in [-0.2, -0.15) is 0 Å². The Balaban J connectivity index is 2.50. The number of ether oxygens (including phenoxy) is 1. The normalized spacial score (nSPS) is 12.2. The number of rotatable bonds is 5. The van der Waals surface area contributed by atoms with Crippen LogP contribution >= 0.6 is 15.9 Å². The molecule has 2 aromatic rings. The van der Waals surface area contributed by atoms with Gasteiger partial charge in [0.1, 0.15) is 11.5 Å². The average Bonchev–Trinajstić information content (AvgIpc) is 2.45. The fraction of sp³-hybridized carbons (Fsp3) is 0.286. The molecule has 4 nitrogen and oxygen atoms in total. The van der Waals surface area contributed by atoms with Crippen molar-refractivity contribution >= 4 is 15.9 Å². The summed E-state index contributed by atoms with van der Waals surface area (Å²) in [5.74, 6) is 0.164. The highest BCUT2D eigenvalue weighted by molar-refractivity contribution is 9.10. The Kier molecular flexibility index (Phi) is 5.03. The predicted octanol–water partition coefficient (Wildman–Crippen LogP) is 3.09. The quantitative estimate of drug-likeness (QED) is 0.909. The first-order valence-corrected chi connectivity index (χ1v) is 6.99. The van der Waals surface area contributed by atoms with Crippen LogP contribution in [0.1, 0.15) is 24.2 Å². The van der Waals surface area contributed by atoms with Crippen LogP contribution in [0.15, 0.2) is 35.1 Å². The Morgan fingerprint density at radius 3 is 2.75 bits per heavy atom. The minimum Gasteiger partial charge on any atom is -0.480 e. The van der Waals surface area contributed by atoms with Gasteiger partial charge in [0, 0.05) is 16.9 Å². The van der Waals surface area contributed by atoms with E-state index in [0.29, 0.717) is 16.0 Å². The maximum absolute atomic E-state index is 13.2. The lowest BCUT2D eigenvalue weighted by molar-refractivity contribution is 0.383. The molecule has 0 fully saturated rings. The molecule has 1 unspecified atom stereocenters. The summed E-state index contributed by atoms with van der Waals surface area (Å²) in [5.41, 5.74) is 1.55. The molecule has 0 aliphatic heterocycles. The third kappa shape index (κ3) is 3.13. The zero-order valence-electron chi connectivity index (χ0n) is 11.2. The van der Waals surface area contributed by atoms with Gasteiger partial charge in [0.15, 0.2) is 0 Å². The number of benzene rings is 1. The Morgan fingerprint density at radius 2 is 2.10 bits per heavy atom. The molecule has 1 aromatic carbocycles. The summed E-state index contributed by atoms with van der Waals surface area (Å²) in [5, 5.41) is 3.32. The molecule has 1 atom stereocenters. The maximum atomic E-state index is 13.2. The van der Waals surface area contributed by atoms with Crippen LogP contribution in [0.5, 0.6) is 5.88 Å². The van der Waals surface area contributed by atoms with Crippen LogP contribution < -0.4 is 10.1 Å². The van der Waals surface area contributed by atoms with E-state index >= 15 is 0 Å². The van der Waals surface area contributed by atoms with E-state index in [1.54, 1.807) is 25.6 Å². The second-order valence-electron chi connectivity index (χ2n) is 4.11. The van der Waals surface area contributed by atoms with Crippen LogP contribution in [0.3, 0.4) is 0 Å². The zero-order chi connectivity index (χ0) is 14.5. The number of methoxy groups -OCH3 is 1. The van der Waals surface area contributed by atoms with Gasteiger partial charge in [0.2, 0.25) is 5.88 Å². The number of aromatic nitrogens is 2. The molecular formula is C14H15BrFN3O. The molecule has 0 saturated carbocycles. The van der Waals surface area contributed by atoms with E-state index in [1.807, 2.05) is 6.92 Å². The fourth-order valence-corrected chi connectivity index (χ4v) is 2.56. The van der Waals surface area contributed by atoms with Gasteiger partial charge in [0.05, 0.1) is 13.2 Å². The zero-order valence-corrected chi connectivity index (χ0v) is 12.8. The Morgan fingerprint density at radius 1 is 1.35 bits per heavy atom. The Bertz CT molecular complexity index is 594. The molecule has 6 heteroatoms. The summed E-state index contributed by atoms with van der Waals surface area (Å²) in [6.07, 6.45) is 3.19. The molecule has 0 amide bonds. The van der Waals surface area contributed by atoms with E-state index in [2.05, 4.69) is 31.2 Å². The summed E-state index contributed by atoms with van der Waals surface area (Å²) in [7, 11) is 1.55. The van der Waals surface area contributed by atoms with Gasteiger partial charge < -0.3 is 10.1 Å². The smallest absolute Gasteiger partial charge is 0.237 e. The molecule has 1 heterocycles. The van der Waals surface area contributed by atoms with Crippen molar-refractivity contribution in [3.05, 3.63) is 52.1 Å². The highest BCUT2D eigenvalue weighted by atomic mass is 79.9. The summed E-state index contributed by atoms with van der Waals surface area (Å²) >= 11 is 3.39. The summed E-state index contributed by atoms with van der Waals surface area (Å²) in [6, 6.07) is 4.36. The Hall–Kier alpha value is -1.53. The van der Waals surface area contributed by atoms with Gasteiger partial charge in [-0.1, -0.05) is 28.9 Å². The van der Waals surface area contributed by atoms with Crippen molar-refractivity contribution in [2.45, 2.75) is 13.0 Å². The van der Waals surface area contributed by atoms with E-state index in [9.17, 15) is 4.39 Å². The molecule has 0 bridgehead atoms. The van der Waals surface area contributed by atoms with Gasteiger partial charge in [-0.25, -0.2) is 9.37 Å². The number of halogens is 2. The Labute approximate surface area is 125 Å². The second kappa shape index (κ2) is 6.76. The van der Waals surface area contributed by atoms with E-state index in [0.717, 1.165) is 12.1 Å². The third-order valence-corrected chi connectivity index (χ3v) is 3.53. The van der Waals surface area contributed by atoms with Crippen LogP contribution in [-0.4, -0.2) is 23.6 Å². The molecule has 20 heavy (non-hydrogen) atoms. The van der Waals surface area contributed by atoms with E-state index in [4.69, 9.17) is 4.74 Å². The van der Waals surface area contributed by atoms with Crippen molar-refractivity contribution in [3.63, 3.8) is 0 Å². The van der Waals surface area contributed by atoms with Gasteiger partial charge >= 0.3 is 0 Å². The SMILES string of the molecule is CCNC(c1ccc(F)cc1Br)c1nccnc1OC. The van der Waals surface area contributed by atoms with E-state index < -0.39 is 0 Å². The van der Waals surface area contributed by atoms with Gasteiger partial charge in [0.25, 0.3) is 0 Å². The van der Waals surface area contributed by atoms with Crippen molar-refractivity contribution in [1.82, 2.24) is 15.3 Å². The van der Waals surface area contributed by atoms with E-state index in [-0.39, 0.29) is 11.9 Å². The second-order valence-corrected chi connectivity index (χ2v) is 4.96. The van der Waals surface area contributed by atoms with Crippen LogP contribution in [0, 0.1) is 5.82 Å². The first-order chi connectivity index (χ1) is 9.67. The van der Waals surface area contributed by atoms with Crippen LogP contribution in [0.2, 0.25) is 0 Å². The highest BCUT2D eigenvalue weighted by Crippen LogP contribution is 2.31. The minimum absolute atomic E-state index is 0.223. The molecule has 2 rings (SSSR count). The molecule has 0 saturated heterocycles. The lowest BCUT2D eigenvalue weighted by Gasteiger charge is -2.20. The molecule has 0 aliphatic carbocycles. The summed E-state index contributed by atoms with van der Waals surface area (Å²) in [4.78, 5) is 8.50. The van der Waals surface area contributed by atoms with Crippen molar-refractivity contribution < 1.29 is 9.13 Å². The van der Waals surface area contributed by atoms with Gasteiger partial charge in [-0.15, -0.1) is 0 Å². The van der Waals surface area contributed by atoms with Crippen molar-refractivity contribution in [2.75, 3.05) is 13.7 Å². The molecule has 0 spiro atoms. The minimum atomic E-state index is -0.290. The van der Waals surface area contributed by atoms with Crippen LogP contribution in [0.25, 0.3) is 0 Å². The highest BCUT2D eigenvalue weighted by Gasteiger charge is 2.22. The molecule has 1 aromatic heterocycles. The maximum Gasteiger partial charge on any atom is 0.237 e. The number of hydrogen-bond donors (Lipinski definition) is 1. The monoisotopic (exact) mass is 339 g/mol. The van der Waals surface area contributed by atoms with Crippen molar-refractivity contribution in [2.24, 2.45) is 0 Å². The largest absolute Gasteiger partial charge is 0.480 e. The first-order valence-electron chi connectivity index (χ1n) is 6.20. The summed E-state index contributed by atoms with van der Waals surface area (Å²) in [6.45, 7) is 2.72. The lowest BCUT2D eigenvalue weighted by atomic mass is 10.0. The third-order valence-electron chi connectivity index (χ3n) is 2.84. The molecule has 106 valence electrons. The predicted molar refractivity (Wildman–Crippen MR) is 78.2 cm³/mol. The number of hydrogen-bond acceptors (Lipinski definition) is 4. The van der Waals surface area contributed by atoms with Crippen molar-refractivity contribution in [1.29, 1.82) is 0 Å². The summed E-state index contributed by atoms with van der Waals surface area (Å²) < 4.78 is 19.2. The van der Waals surface area contributed by atoms with Gasteiger partial charge in [-0.05, 0) is 24.2 Å². The molecule has 1 N–H and O–H groups in total. The van der Waals surface area contributed by atoms with Gasteiger partial charge in [-0.3, -0.25) is 4.98 Å². The van der Waals surface area contributed by atoms with E-state index in [1.165, 1.54) is 12.1 Å². The fourth-order valence-electron chi connectivity index (χ4n) is 1.98. The lowest BCUT2D eigenvalue weighted by Crippen LogP contribution is -2.24. The van der Waals surface area contributed by atoms with Crippen LogP contribution in [-0.2, 0) is 0 Å². The average molecular weight is 340 g/mol. The molecule has 0 radical (unpaired) electrons.